The zero-order chi connectivity index (χ0) is 10.8. The largest absolute Gasteiger partial charge is 0.394 e. The minimum Gasteiger partial charge on any atom is -0.394 e. The number of nitrogens with zero attached hydrogens (tertiary/aromatic N) is 2. The van der Waals surface area contributed by atoms with Crippen LogP contribution in [0.1, 0.15) is 0 Å². The molecule has 0 aliphatic carbocycles. The summed E-state index contributed by atoms with van der Waals surface area (Å²) < 4.78 is 0. The summed E-state index contributed by atoms with van der Waals surface area (Å²) >= 11 is 0. The second kappa shape index (κ2) is 4.04. The number of carbonyl (C=O) groups is 1. The molecular weight excluding hydrogens is 196 g/mol. The van der Waals surface area contributed by atoms with E-state index in [0.717, 1.165) is 0 Å². The van der Waals surface area contributed by atoms with E-state index in [1.807, 2.05) is 12.2 Å². The first-order valence-electron chi connectivity index (χ1n) is 4.90. The van der Waals surface area contributed by atoms with Crippen molar-refractivity contribution in [2.75, 3.05) is 19.8 Å². The van der Waals surface area contributed by atoms with Crippen LogP contribution < -0.4 is 0 Å². The van der Waals surface area contributed by atoms with E-state index in [9.17, 15) is 4.79 Å². The second-order valence-corrected chi connectivity index (χ2v) is 3.55. The third-order valence-corrected chi connectivity index (χ3v) is 2.59. The van der Waals surface area contributed by atoms with Gasteiger partial charge in [0.25, 0.3) is 0 Å². The Morgan fingerprint density at radius 1 is 1.67 bits per heavy atom. The van der Waals surface area contributed by atoms with Gasteiger partial charge in [-0.25, -0.2) is 4.79 Å². The highest BCUT2D eigenvalue weighted by molar-refractivity contribution is 5.78. The van der Waals surface area contributed by atoms with Crippen LogP contribution in [0.4, 0.5) is 4.79 Å². The zero-order valence-electron chi connectivity index (χ0n) is 8.37. The topological polar surface area (TPSA) is 53.0 Å². The molecule has 0 aromatic heterocycles. The van der Waals surface area contributed by atoms with E-state index in [-0.39, 0.29) is 24.7 Å². The summed E-state index contributed by atoms with van der Waals surface area (Å²) in [5.74, 6) is 0. The van der Waals surface area contributed by atoms with Gasteiger partial charge in [0.1, 0.15) is 0 Å². The van der Waals surface area contributed by atoms with E-state index in [0.29, 0.717) is 13.2 Å². The van der Waals surface area contributed by atoms with Crippen molar-refractivity contribution in [2.45, 2.75) is 12.1 Å². The zero-order valence-corrected chi connectivity index (χ0v) is 8.37. The average Bonchev–Trinajstić information content (AvgIpc) is 2.51. The van der Waals surface area contributed by atoms with Gasteiger partial charge in [0.05, 0.1) is 25.3 Å². The van der Waals surface area contributed by atoms with E-state index >= 15 is 0 Å². The van der Waals surface area contributed by atoms with Crippen LogP contribution in [-0.2, 0) is 4.84 Å². The smallest absolute Gasteiger partial charge is 0.345 e. The molecule has 0 saturated carbocycles. The Labute approximate surface area is 88.2 Å². The number of hydrogen-bond acceptors (Lipinski definition) is 3. The van der Waals surface area contributed by atoms with Gasteiger partial charge in [-0.1, -0.05) is 18.2 Å². The lowest BCUT2D eigenvalue weighted by atomic mass is 10.1. The Hall–Kier alpha value is -1.33. The lowest BCUT2D eigenvalue weighted by molar-refractivity contribution is -0.107. The highest BCUT2D eigenvalue weighted by atomic mass is 16.7. The van der Waals surface area contributed by atoms with Crippen molar-refractivity contribution in [2.24, 2.45) is 0 Å². The predicted molar refractivity (Wildman–Crippen MR) is 53.9 cm³/mol. The van der Waals surface area contributed by atoms with Crippen LogP contribution in [0, 0.1) is 0 Å². The molecule has 2 unspecified atom stereocenters. The molecule has 1 fully saturated rings. The average molecular weight is 210 g/mol. The quantitative estimate of drug-likeness (QED) is 0.671. The Kier molecular flexibility index (Phi) is 2.75. The normalized spacial score (nSPS) is 28.7. The Bertz CT molecular complexity index is 303. The van der Waals surface area contributed by atoms with E-state index < -0.39 is 0 Å². The molecule has 0 spiro atoms. The van der Waals surface area contributed by atoms with Crippen LogP contribution in [-0.4, -0.2) is 52.9 Å². The lowest BCUT2D eigenvalue weighted by Crippen LogP contribution is -2.40. The van der Waals surface area contributed by atoms with Crippen molar-refractivity contribution in [1.29, 1.82) is 0 Å². The number of hydroxylamine groups is 2. The van der Waals surface area contributed by atoms with Crippen LogP contribution in [0.3, 0.4) is 0 Å². The van der Waals surface area contributed by atoms with Gasteiger partial charge in [-0.3, -0.25) is 4.84 Å². The number of fused-ring (bicyclic) bond motifs is 2. The van der Waals surface area contributed by atoms with Crippen LogP contribution in [0.2, 0.25) is 0 Å². The summed E-state index contributed by atoms with van der Waals surface area (Å²) in [5, 5.41) is 10.4. The van der Waals surface area contributed by atoms with Crippen molar-refractivity contribution in [3.8, 4) is 0 Å². The van der Waals surface area contributed by atoms with Gasteiger partial charge in [0.2, 0.25) is 0 Å². The van der Waals surface area contributed by atoms with Gasteiger partial charge in [-0.05, 0) is 0 Å². The first-order valence-corrected chi connectivity index (χ1v) is 4.90. The number of rotatable bonds is 4. The fourth-order valence-corrected chi connectivity index (χ4v) is 1.84. The molecule has 0 radical (unpaired) electrons. The summed E-state index contributed by atoms with van der Waals surface area (Å²) in [4.78, 5) is 18.7. The Morgan fingerprint density at radius 3 is 3.13 bits per heavy atom. The summed E-state index contributed by atoms with van der Waals surface area (Å²) in [6, 6.07) is -0.447. The van der Waals surface area contributed by atoms with Crippen molar-refractivity contribution in [1.82, 2.24) is 9.96 Å². The van der Waals surface area contributed by atoms with Gasteiger partial charge in [-0.15, -0.1) is 6.58 Å². The standard InChI is InChI=1S/C10H14N2O3/c1-2-5-15-12-8-3-4-9(7-13)11(6-8)10(12)14/h2-4,8-9,13H,1,5-7H2. The van der Waals surface area contributed by atoms with Crippen LogP contribution in [0.25, 0.3) is 0 Å². The van der Waals surface area contributed by atoms with Crippen molar-refractivity contribution < 1.29 is 14.7 Å². The third-order valence-electron chi connectivity index (χ3n) is 2.59. The van der Waals surface area contributed by atoms with Gasteiger partial charge >= 0.3 is 6.03 Å². The number of amides is 2. The molecule has 5 heteroatoms. The molecule has 0 aromatic rings. The first kappa shape index (κ1) is 10.2. The molecule has 0 aromatic carbocycles. The van der Waals surface area contributed by atoms with E-state index in [1.165, 1.54) is 5.06 Å². The van der Waals surface area contributed by atoms with Gasteiger partial charge < -0.3 is 10.0 Å². The van der Waals surface area contributed by atoms with Crippen molar-refractivity contribution in [3.05, 3.63) is 24.8 Å². The lowest BCUT2D eigenvalue weighted by Gasteiger charge is -2.23. The maximum absolute atomic E-state index is 11.8. The minimum absolute atomic E-state index is 0.0414. The second-order valence-electron chi connectivity index (χ2n) is 3.55. The van der Waals surface area contributed by atoms with Gasteiger partial charge in [-0.2, -0.15) is 5.06 Å². The molecule has 5 nitrogen and oxygen atoms in total. The highest BCUT2D eigenvalue weighted by Gasteiger charge is 2.42. The predicted octanol–water partition coefficient (Wildman–Crippen LogP) is 0.141. The Morgan fingerprint density at radius 2 is 2.47 bits per heavy atom. The summed E-state index contributed by atoms with van der Waals surface area (Å²) in [5.41, 5.74) is 0. The molecule has 15 heavy (non-hydrogen) atoms. The number of aliphatic hydroxyl groups is 1. The molecule has 2 aliphatic heterocycles. The molecule has 2 amide bonds. The molecule has 2 heterocycles. The maximum atomic E-state index is 11.8. The first-order chi connectivity index (χ1) is 7.27. The number of aliphatic hydroxyl groups excluding tert-OH is 1. The van der Waals surface area contributed by atoms with Gasteiger partial charge in [0.15, 0.2) is 0 Å². The van der Waals surface area contributed by atoms with Gasteiger partial charge in [0, 0.05) is 6.54 Å². The highest BCUT2D eigenvalue weighted by Crippen LogP contribution is 2.24. The maximum Gasteiger partial charge on any atom is 0.345 e. The molecule has 82 valence electrons. The Balaban J connectivity index is 2.09. The minimum atomic E-state index is -0.217. The molecule has 1 N–H and O–H groups in total. The summed E-state index contributed by atoms with van der Waals surface area (Å²) in [6.07, 6.45) is 5.33. The summed E-state index contributed by atoms with van der Waals surface area (Å²) in [6.45, 7) is 4.37. The fraction of sp³-hybridized carbons (Fsp3) is 0.500. The molecular formula is C10H14N2O3. The van der Waals surface area contributed by atoms with E-state index in [1.54, 1.807) is 11.0 Å². The van der Waals surface area contributed by atoms with Crippen molar-refractivity contribution >= 4 is 6.03 Å². The fourth-order valence-electron chi connectivity index (χ4n) is 1.84. The van der Waals surface area contributed by atoms with Crippen LogP contribution in [0.15, 0.2) is 24.8 Å². The molecule has 2 rings (SSSR count). The van der Waals surface area contributed by atoms with E-state index in [4.69, 9.17) is 9.94 Å². The molecule has 2 aliphatic rings. The molecule has 1 saturated heterocycles. The van der Waals surface area contributed by atoms with Crippen LogP contribution in [0.5, 0.6) is 0 Å². The molecule has 2 atom stereocenters. The summed E-state index contributed by atoms with van der Waals surface area (Å²) in [7, 11) is 0. The van der Waals surface area contributed by atoms with Crippen molar-refractivity contribution in [3.63, 3.8) is 0 Å². The number of urea groups is 1. The number of hydrogen-bond donors (Lipinski definition) is 1. The monoisotopic (exact) mass is 210 g/mol. The number of carbonyl (C=O) groups excluding carboxylic acids is 1. The van der Waals surface area contributed by atoms with Crippen LogP contribution >= 0.6 is 0 Å². The SMILES string of the molecule is C=CCON1C(=O)N2CC1C=CC2CO. The van der Waals surface area contributed by atoms with E-state index in [2.05, 4.69) is 6.58 Å². The third kappa shape index (κ3) is 1.64. The molecule has 2 bridgehead atoms.